The Morgan fingerprint density at radius 3 is 1.19 bits per heavy atom. The third kappa shape index (κ3) is 15.5. The van der Waals surface area contributed by atoms with Crippen LogP contribution in [0.25, 0.3) is 0 Å². The molecule has 1 heterocycles. The van der Waals surface area contributed by atoms with Crippen LogP contribution >= 0.6 is 0 Å². The van der Waals surface area contributed by atoms with Crippen LogP contribution in [0.1, 0.15) is 154 Å². The van der Waals surface area contributed by atoms with Crippen LogP contribution in [0.4, 0.5) is 0 Å². The lowest BCUT2D eigenvalue weighted by atomic mass is 10.0. The Bertz CT molecular complexity index is 640. The van der Waals surface area contributed by atoms with Crippen LogP contribution in [0.2, 0.25) is 0 Å². The fourth-order valence-corrected chi connectivity index (χ4v) is 5.81. The molecule has 212 valence electrons. The predicted molar refractivity (Wildman–Crippen MR) is 165 cm³/mol. The molecule has 37 heavy (non-hydrogen) atoms. The van der Waals surface area contributed by atoms with Crippen molar-refractivity contribution in [3.05, 3.63) is 48.3 Å². The second-order valence-electron chi connectivity index (χ2n) is 11.7. The summed E-state index contributed by atoms with van der Waals surface area (Å²) in [4.78, 5) is 5.27. The van der Waals surface area contributed by atoms with Crippen LogP contribution in [0.5, 0.6) is 0 Å². The highest BCUT2D eigenvalue weighted by molar-refractivity contribution is 5.17. The van der Waals surface area contributed by atoms with Crippen molar-refractivity contribution in [3.63, 3.8) is 0 Å². The van der Waals surface area contributed by atoms with Crippen molar-refractivity contribution < 1.29 is 0 Å². The minimum Gasteiger partial charge on any atom is -0.356 e. The van der Waals surface area contributed by atoms with E-state index in [0.717, 1.165) is 6.42 Å². The van der Waals surface area contributed by atoms with Gasteiger partial charge in [-0.25, -0.2) is 0 Å². The Morgan fingerprint density at radius 2 is 0.811 bits per heavy atom. The zero-order valence-corrected chi connectivity index (χ0v) is 25.0. The Morgan fingerprint density at radius 1 is 0.459 bits per heavy atom. The molecule has 1 aromatic carbocycles. The van der Waals surface area contributed by atoms with E-state index in [1.165, 1.54) is 153 Å². The molecule has 1 aliphatic heterocycles. The summed E-state index contributed by atoms with van der Waals surface area (Å²) in [5, 5.41) is 0. The molecule has 0 radical (unpaired) electrons. The highest BCUT2D eigenvalue weighted by Gasteiger charge is 2.25. The maximum absolute atomic E-state index is 2.64. The zero-order valence-electron chi connectivity index (χ0n) is 25.0. The molecule has 0 saturated heterocycles. The Balaban J connectivity index is 1.60. The second kappa shape index (κ2) is 22.5. The molecular formula is C35H62N2. The minimum atomic E-state index is 0.504. The van der Waals surface area contributed by atoms with Gasteiger partial charge in [0.05, 0.1) is 0 Å². The quantitative estimate of drug-likeness (QED) is 0.121. The molecule has 0 amide bonds. The van der Waals surface area contributed by atoms with Crippen molar-refractivity contribution in [2.75, 3.05) is 13.1 Å². The highest BCUT2D eigenvalue weighted by Crippen LogP contribution is 2.22. The van der Waals surface area contributed by atoms with Gasteiger partial charge < -0.3 is 9.80 Å². The van der Waals surface area contributed by atoms with Gasteiger partial charge in [0, 0.05) is 31.9 Å². The summed E-state index contributed by atoms with van der Waals surface area (Å²) in [6.45, 7) is 7.02. The standard InChI is InChI=1S/C35H62N2/c1-3-5-7-9-11-13-14-15-17-19-21-26-30-37-32-31-36(35(37)33-34-27-23-22-24-28-34)29-25-20-18-16-12-10-8-6-4-2/h22-24,27-28,31-32,35H,3-21,25-26,29-30,33H2,1-2H3. The van der Waals surface area contributed by atoms with E-state index in [1.807, 2.05) is 0 Å². The third-order valence-corrected chi connectivity index (χ3v) is 8.27. The fourth-order valence-electron chi connectivity index (χ4n) is 5.81. The van der Waals surface area contributed by atoms with Crippen molar-refractivity contribution in [1.82, 2.24) is 9.80 Å². The summed E-state index contributed by atoms with van der Waals surface area (Å²) in [7, 11) is 0. The highest BCUT2D eigenvalue weighted by atomic mass is 15.4. The lowest BCUT2D eigenvalue weighted by molar-refractivity contribution is 0.148. The van der Waals surface area contributed by atoms with Gasteiger partial charge >= 0.3 is 0 Å². The first-order valence-electron chi connectivity index (χ1n) is 16.6. The van der Waals surface area contributed by atoms with Gasteiger partial charge in [0.2, 0.25) is 0 Å². The topological polar surface area (TPSA) is 6.48 Å². The normalized spacial score (nSPS) is 15.2. The maximum Gasteiger partial charge on any atom is 0.105 e. The minimum absolute atomic E-state index is 0.504. The average Bonchev–Trinajstić information content (AvgIpc) is 3.29. The molecule has 1 aliphatic rings. The average molecular weight is 511 g/mol. The summed E-state index contributed by atoms with van der Waals surface area (Å²) < 4.78 is 0. The summed E-state index contributed by atoms with van der Waals surface area (Å²) in [5.41, 5.74) is 1.47. The van der Waals surface area contributed by atoms with E-state index >= 15 is 0 Å². The summed E-state index contributed by atoms with van der Waals surface area (Å²) >= 11 is 0. The van der Waals surface area contributed by atoms with E-state index in [0.29, 0.717) is 6.17 Å². The van der Waals surface area contributed by atoms with Crippen LogP contribution < -0.4 is 0 Å². The SMILES string of the molecule is CCCCCCCCCCCCCCN1C=CN(CCCCCCCCCCC)C1Cc1ccccc1. The van der Waals surface area contributed by atoms with Gasteiger partial charge in [0.25, 0.3) is 0 Å². The van der Waals surface area contributed by atoms with Gasteiger partial charge in [-0.3, -0.25) is 0 Å². The molecule has 0 N–H and O–H groups in total. The predicted octanol–water partition coefficient (Wildman–Crippen LogP) is 10.9. The molecular weight excluding hydrogens is 448 g/mol. The van der Waals surface area contributed by atoms with Crippen LogP contribution in [0.15, 0.2) is 42.7 Å². The van der Waals surface area contributed by atoms with Crippen molar-refractivity contribution in [2.24, 2.45) is 0 Å². The molecule has 0 saturated carbocycles. The number of unbranched alkanes of at least 4 members (excludes halogenated alkanes) is 19. The van der Waals surface area contributed by atoms with E-state index < -0.39 is 0 Å². The van der Waals surface area contributed by atoms with Gasteiger partial charge in [-0.05, 0) is 18.4 Å². The molecule has 2 rings (SSSR count). The first-order chi connectivity index (χ1) is 18.3. The molecule has 0 bridgehead atoms. The second-order valence-corrected chi connectivity index (χ2v) is 11.7. The smallest absolute Gasteiger partial charge is 0.105 e. The molecule has 2 heteroatoms. The Hall–Kier alpha value is -1.44. The number of hydrogen-bond acceptors (Lipinski definition) is 2. The van der Waals surface area contributed by atoms with Crippen LogP contribution in [-0.2, 0) is 6.42 Å². The zero-order chi connectivity index (χ0) is 26.2. The van der Waals surface area contributed by atoms with Crippen molar-refractivity contribution in [2.45, 2.75) is 161 Å². The van der Waals surface area contributed by atoms with Gasteiger partial charge in [-0.2, -0.15) is 0 Å². The molecule has 1 unspecified atom stereocenters. The summed E-state index contributed by atoms with van der Waals surface area (Å²) in [5.74, 6) is 0. The first kappa shape index (κ1) is 31.8. The number of hydrogen-bond donors (Lipinski definition) is 0. The molecule has 1 aromatic rings. The van der Waals surface area contributed by atoms with Crippen molar-refractivity contribution in [1.29, 1.82) is 0 Å². The largest absolute Gasteiger partial charge is 0.356 e. The third-order valence-electron chi connectivity index (χ3n) is 8.27. The molecule has 0 aliphatic carbocycles. The maximum atomic E-state index is 2.64. The fraction of sp³-hybridized carbons (Fsp3) is 0.771. The van der Waals surface area contributed by atoms with Crippen molar-refractivity contribution in [3.8, 4) is 0 Å². The number of nitrogens with zero attached hydrogens (tertiary/aromatic N) is 2. The lowest BCUT2D eigenvalue weighted by Crippen LogP contribution is -2.41. The van der Waals surface area contributed by atoms with Crippen LogP contribution in [-0.4, -0.2) is 29.1 Å². The van der Waals surface area contributed by atoms with E-state index in [-0.39, 0.29) is 0 Å². The first-order valence-corrected chi connectivity index (χ1v) is 16.6. The summed E-state index contributed by atoms with van der Waals surface area (Å²) in [6, 6.07) is 11.1. The van der Waals surface area contributed by atoms with Crippen molar-refractivity contribution >= 4 is 0 Å². The molecule has 1 atom stereocenters. The van der Waals surface area contributed by atoms with Gasteiger partial charge in [0.15, 0.2) is 0 Å². The van der Waals surface area contributed by atoms with Crippen LogP contribution in [0, 0.1) is 0 Å². The van der Waals surface area contributed by atoms with Gasteiger partial charge in [-0.15, -0.1) is 0 Å². The van der Waals surface area contributed by atoms with E-state index in [2.05, 4.69) is 66.4 Å². The van der Waals surface area contributed by atoms with Crippen LogP contribution in [0.3, 0.4) is 0 Å². The van der Waals surface area contributed by atoms with Gasteiger partial charge in [-0.1, -0.05) is 166 Å². The molecule has 0 fully saturated rings. The van der Waals surface area contributed by atoms with Gasteiger partial charge in [0.1, 0.15) is 6.17 Å². The van der Waals surface area contributed by atoms with E-state index in [1.54, 1.807) is 0 Å². The molecule has 2 nitrogen and oxygen atoms in total. The molecule has 0 aromatic heterocycles. The Kier molecular flexibility index (Phi) is 19.4. The van der Waals surface area contributed by atoms with E-state index in [9.17, 15) is 0 Å². The monoisotopic (exact) mass is 510 g/mol. The number of rotatable bonds is 25. The number of benzene rings is 1. The lowest BCUT2D eigenvalue weighted by Gasteiger charge is -2.33. The van der Waals surface area contributed by atoms with E-state index in [4.69, 9.17) is 0 Å². The molecule has 0 spiro atoms. The Labute approximate surface area is 232 Å². The summed E-state index contributed by atoms with van der Waals surface area (Å²) in [6.07, 6.45) is 36.1.